The van der Waals surface area contributed by atoms with Gasteiger partial charge >= 0.3 is 0 Å². The van der Waals surface area contributed by atoms with Gasteiger partial charge < -0.3 is 0 Å². The first-order valence-electron chi connectivity index (χ1n) is 3.84. The van der Waals surface area contributed by atoms with Crippen LogP contribution in [-0.4, -0.2) is 8.42 Å². The lowest BCUT2D eigenvalue weighted by molar-refractivity contribution is 0.609. The number of hydrogen-bond acceptors (Lipinski definition) is 3. The predicted octanol–water partition coefficient (Wildman–Crippen LogP) is 1.94. The molecule has 0 bridgehead atoms. The average Bonchev–Trinajstić information content (AvgIpc) is 2.06. The van der Waals surface area contributed by atoms with Crippen molar-refractivity contribution in [3.8, 4) is 6.07 Å². The first kappa shape index (κ1) is 11.0. The molecule has 0 spiro atoms. The van der Waals surface area contributed by atoms with Crippen molar-refractivity contribution >= 4 is 19.7 Å². The second-order valence-corrected chi connectivity index (χ2v) is 5.72. The number of hydrogen-bond donors (Lipinski definition) is 0. The number of nitriles is 1. The summed E-state index contributed by atoms with van der Waals surface area (Å²) >= 11 is 0. The van der Waals surface area contributed by atoms with Crippen LogP contribution in [0.15, 0.2) is 18.2 Å². The first-order valence-corrected chi connectivity index (χ1v) is 6.32. The lowest BCUT2D eigenvalue weighted by atomic mass is 10.1. The SMILES string of the molecule is Cc1ccc(CS(=O)(=O)Cl)cc1C#N. The second kappa shape index (κ2) is 3.99. The van der Waals surface area contributed by atoms with Gasteiger partial charge in [0.25, 0.3) is 0 Å². The minimum atomic E-state index is -3.55. The highest BCUT2D eigenvalue weighted by atomic mass is 35.7. The third-order valence-corrected chi connectivity index (χ3v) is 2.77. The molecule has 0 aliphatic heterocycles. The van der Waals surface area contributed by atoms with Crippen molar-refractivity contribution in [1.82, 2.24) is 0 Å². The maximum absolute atomic E-state index is 10.8. The van der Waals surface area contributed by atoms with Crippen LogP contribution in [0.4, 0.5) is 0 Å². The summed E-state index contributed by atoms with van der Waals surface area (Å²) in [6.07, 6.45) is 0. The zero-order chi connectivity index (χ0) is 10.8. The monoisotopic (exact) mass is 229 g/mol. The summed E-state index contributed by atoms with van der Waals surface area (Å²) in [5, 5.41) is 8.71. The van der Waals surface area contributed by atoms with E-state index < -0.39 is 9.05 Å². The molecule has 0 aliphatic carbocycles. The van der Waals surface area contributed by atoms with Crippen LogP contribution in [0.2, 0.25) is 0 Å². The Labute approximate surface area is 87.4 Å². The highest BCUT2D eigenvalue weighted by Gasteiger charge is 2.08. The van der Waals surface area contributed by atoms with E-state index >= 15 is 0 Å². The topological polar surface area (TPSA) is 57.9 Å². The molecule has 0 unspecified atom stereocenters. The largest absolute Gasteiger partial charge is 0.236 e. The van der Waals surface area contributed by atoms with Gasteiger partial charge in [0.05, 0.1) is 17.4 Å². The van der Waals surface area contributed by atoms with Crippen LogP contribution in [0.3, 0.4) is 0 Å². The van der Waals surface area contributed by atoms with Gasteiger partial charge in [-0.25, -0.2) is 8.42 Å². The zero-order valence-electron chi connectivity index (χ0n) is 7.49. The van der Waals surface area contributed by atoms with E-state index in [4.69, 9.17) is 15.9 Å². The molecular formula is C9H8ClNO2S. The van der Waals surface area contributed by atoms with Crippen LogP contribution >= 0.6 is 10.7 Å². The van der Waals surface area contributed by atoms with Gasteiger partial charge in [-0.05, 0) is 24.1 Å². The van der Waals surface area contributed by atoms with Crippen molar-refractivity contribution in [1.29, 1.82) is 5.26 Å². The number of benzene rings is 1. The van der Waals surface area contributed by atoms with E-state index in [0.717, 1.165) is 5.56 Å². The quantitative estimate of drug-likeness (QED) is 0.729. The molecule has 0 amide bonds. The molecule has 0 fully saturated rings. The third-order valence-electron chi connectivity index (χ3n) is 1.76. The molecule has 3 nitrogen and oxygen atoms in total. The number of rotatable bonds is 2. The van der Waals surface area contributed by atoms with Crippen LogP contribution in [0.1, 0.15) is 16.7 Å². The summed E-state index contributed by atoms with van der Waals surface area (Å²) in [5.41, 5.74) is 1.83. The van der Waals surface area contributed by atoms with Crippen LogP contribution in [-0.2, 0) is 14.8 Å². The molecule has 1 aromatic rings. The van der Waals surface area contributed by atoms with Gasteiger partial charge in [-0.2, -0.15) is 5.26 Å². The molecule has 0 aliphatic rings. The first-order chi connectivity index (χ1) is 6.42. The Hall–Kier alpha value is -1.05. The molecule has 0 saturated heterocycles. The molecule has 0 N–H and O–H groups in total. The molecule has 0 radical (unpaired) electrons. The Balaban J connectivity index is 3.09. The van der Waals surface area contributed by atoms with Gasteiger partial charge in [0.2, 0.25) is 9.05 Å². The molecule has 0 heterocycles. The van der Waals surface area contributed by atoms with Crippen molar-refractivity contribution in [2.75, 3.05) is 0 Å². The third kappa shape index (κ3) is 3.02. The smallest absolute Gasteiger partial charge is 0.212 e. The van der Waals surface area contributed by atoms with Gasteiger partial charge in [0, 0.05) is 10.7 Å². The Kier molecular flexibility index (Phi) is 3.14. The lowest BCUT2D eigenvalue weighted by Gasteiger charge is -2.00. The van der Waals surface area contributed by atoms with E-state index in [2.05, 4.69) is 0 Å². The van der Waals surface area contributed by atoms with E-state index in [-0.39, 0.29) is 5.75 Å². The minimum Gasteiger partial charge on any atom is -0.212 e. The Morgan fingerprint density at radius 2 is 2.14 bits per heavy atom. The van der Waals surface area contributed by atoms with Crippen molar-refractivity contribution in [2.45, 2.75) is 12.7 Å². The second-order valence-electron chi connectivity index (χ2n) is 2.94. The molecule has 0 saturated carbocycles. The average molecular weight is 230 g/mol. The van der Waals surface area contributed by atoms with Crippen molar-refractivity contribution in [3.05, 3.63) is 34.9 Å². The van der Waals surface area contributed by atoms with Gasteiger partial charge in [0.15, 0.2) is 0 Å². The van der Waals surface area contributed by atoms with E-state index in [9.17, 15) is 8.42 Å². The Morgan fingerprint density at radius 1 is 1.50 bits per heavy atom. The lowest BCUT2D eigenvalue weighted by Crippen LogP contribution is -1.96. The zero-order valence-corrected chi connectivity index (χ0v) is 9.06. The summed E-state index contributed by atoms with van der Waals surface area (Å²) in [4.78, 5) is 0. The molecular weight excluding hydrogens is 222 g/mol. The Bertz CT molecular complexity index is 488. The maximum Gasteiger partial charge on any atom is 0.236 e. The van der Waals surface area contributed by atoms with Crippen molar-refractivity contribution < 1.29 is 8.42 Å². The van der Waals surface area contributed by atoms with Gasteiger partial charge in [-0.15, -0.1) is 0 Å². The van der Waals surface area contributed by atoms with E-state index in [1.54, 1.807) is 19.1 Å². The van der Waals surface area contributed by atoms with E-state index in [1.165, 1.54) is 6.07 Å². The summed E-state index contributed by atoms with van der Waals surface area (Å²) in [5.74, 6) is -0.247. The Morgan fingerprint density at radius 3 is 2.64 bits per heavy atom. The molecule has 0 atom stereocenters. The fraction of sp³-hybridized carbons (Fsp3) is 0.222. The fourth-order valence-corrected chi connectivity index (χ4v) is 2.03. The summed E-state index contributed by atoms with van der Waals surface area (Å²) < 4.78 is 21.5. The maximum atomic E-state index is 10.8. The van der Waals surface area contributed by atoms with E-state index in [1.807, 2.05) is 6.07 Å². The summed E-state index contributed by atoms with van der Waals surface area (Å²) in [7, 11) is 1.54. The summed E-state index contributed by atoms with van der Waals surface area (Å²) in [6.45, 7) is 1.79. The van der Waals surface area contributed by atoms with Crippen molar-refractivity contribution in [2.24, 2.45) is 0 Å². The number of halogens is 1. The van der Waals surface area contributed by atoms with Crippen LogP contribution in [0.25, 0.3) is 0 Å². The van der Waals surface area contributed by atoms with Crippen LogP contribution < -0.4 is 0 Å². The van der Waals surface area contributed by atoms with Gasteiger partial charge in [-0.3, -0.25) is 0 Å². The predicted molar refractivity (Wildman–Crippen MR) is 54.4 cm³/mol. The van der Waals surface area contributed by atoms with Gasteiger partial charge in [0.1, 0.15) is 0 Å². The normalized spacial score (nSPS) is 10.9. The standard InChI is InChI=1S/C9H8ClNO2S/c1-7-2-3-8(4-9(7)5-11)6-14(10,12)13/h2-4H,6H2,1H3. The highest BCUT2D eigenvalue weighted by molar-refractivity contribution is 8.13. The highest BCUT2D eigenvalue weighted by Crippen LogP contribution is 2.14. The van der Waals surface area contributed by atoms with Crippen LogP contribution in [0.5, 0.6) is 0 Å². The van der Waals surface area contributed by atoms with Gasteiger partial charge in [-0.1, -0.05) is 12.1 Å². The molecule has 5 heteroatoms. The number of aryl methyl sites for hydroxylation is 1. The molecule has 74 valence electrons. The molecule has 14 heavy (non-hydrogen) atoms. The van der Waals surface area contributed by atoms with Crippen LogP contribution in [0, 0.1) is 18.3 Å². The molecule has 0 aromatic heterocycles. The summed E-state index contributed by atoms with van der Waals surface area (Å²) in [6, 6.07) is 6.87. The minimum absolute atomic E-state index is 0.247. The number of nitrogens with zero attached hydrogens (tertiary/aromatic N) is 1. The van der Waals surface area contributed by atoms with E-state index in [0.29, 0.717) is 11.1 Å². The van der Waals surface area contributed by atoms with Crippen molar-refractivity contribution in [3.63, 3.8) is 0 Å². The molecule has 1 rings (SSSR count). The molecule has 1 aromatic carbocycles. The fourth-order valence-electron chi connectivity index (χ4n) is 1.08.